The average molecular weight is 377 g/mol. The molecular weight excluding hydrogens is 344 g/mol. The molecule has 4 heteroatoms. The van der Waals surface area contributed by atoms with E-state index in [-0.39, 0.29) is 0 Å². The Morgan fingerprint density at radius 2 is 2.07 bits per heavy atom. The number of benzene rings is 1. The smallest absolute Gasteiger partial charge is 0.152 e. The molecule has 0 amide bonds. The molecule has 3 rings (SSSR count). The van der Waals surface area contributed by atoms with Gasteiger partial charge in [0, 0.05) is 57.4 Å². The Bertz CT molecular complexity index is 871. The van der Waals surface area contributed by atoms with Crippen LogP contribution in [-0.2, 0) is 12.8 Å². The zero-order valence-electron chi connectivity index (χ0n) is 17.9. The van der Waals surface area contributed by atoms with Gasteiger partial charge in [0.15, 0.2) is 5.82 Å². The summed E-state index contributed by atoms with van der Waals surface area (Å²) in [5.74, 6) is 0.988. The molecule has 0 fully saturated rings. The van der Waals surface area contributed by atoms with Gasteiger partial charge >= 0.3 is 0 Å². The number of fused-ring (bicyclic) bond motifs is 1. The quantitative estimate of drug-likeness (QED) is 0.648. The van der Waals surface area contributed by atoms with E-state index in [0.717, 1.165) is 42.8 Å². The number of aliphatic imine (C=N–C) groups is 1. The topological polar surface area (TPSA) is 22.1 Å². The average Bonchev–Trinajstić information content (AvgIpc) is 3.02. The lowest BCUT2D eigenvalue weighted by Gasteiger charge is -2.24. The molecule has 148 valence electrons. The second-order valence-corrected chi connectivity index (χ2v) is 7.66. The van der Waals surface area contributed by atoms with Crippen LogP contribution in [0.4, 0.5) is 0 Å². The molecule has 28 heavy (non-hydrogen) atoms. The van der Waals surface area contributed by atoms with Gasteiger partial charge in [0.05, 0.1) is 0 Å². The minimum Gasteiger partial charge on any atom is -0.383 e. The highest BCUT2D eigenvalue weighted by atomic mass is 15.6. The van der Waals surface area contributed by atoms with Gasteiger partial charge in [0.1, 0.15) is 0 Å². The van der Waals surface area contributed by atoms with Crippen LogP contribution >= 0.6 is 0 Å². The molecule has 4 nitrogen and oxygen atoms in total. The van der Waals surface area contributed by atoms with Crippen molar-refractivity contribution in [1.82, 2.24) is 14.9 Å². The van der Waals surface area contributed by atoms with Crippen molar-refractivity contribution < 1.29 is 0 Å². The predicted molar refractivity (Wildman–Crippen MR) is 120 cm³/mol. The maximum Gasteiger partial charge on any atom is 0.152 e. The molecular formula is C24H32N4. The van der Waals surface area contributed by atoms with Crippen molar-refractivity contribution in [3.05, 3.63) is 76.9 Å². The number of hydrazine groups is 1. The lowest BCUT2D eigenvalue weighted by atomic mass is 9.88. The number of nitrogens with zero attached hydrogens (tertiary/aromatic N) is 4. The van der Waals surface area contributed by atoms with Crippen LogP contribution in [-0.4, -0.2) is 48.8 Å². The number of likely N-dealkylation sites (N-methyl/N-ethyl adjacent to an activating group) is 1. The highest BCUT2D eigenvalue weighted by Crippen LogP contribution is 2.37. The van der Waals surface area contributed by atoms with E-state index in [2.05, 4.69) is 92.1 Å². The Kier molecular flexibility index (Phi) is 6.20. The number of hydrogen-bond donors (Lipinski definition) is 0. The summed E-state index contributed by atoms with van der Waals surface area (Å²) in [6, 6.07) is 6.86. The van der Waals surface area contributed by atoms with E-state index < -0.39 is 0 Å². The van der Waals surface area contributed by atoms with E-state index in [1.165, 1.54) is 22.3 Å². The fourth-order valence-electron chi connectivity index (χ4n) is 3.83. The molecule has 2 aliphatic heterocycles. The molecule has 0 aliphatic carbocycles. The van der Waals surface area contributed by atoms with Crippen LogP contribution in [0.25, 0.3) is 5.57 Å². The van der Waals surface area contributed by atoms with E-state index in [0.29, 0.717) is 0 Å². The van der Waals surface area contributed by atoms with Crippen molar-refractivity contribution in [2.45, 2.75) is 33.1 Å². The summed E-state index contributed by atoms with van der Waals surface area (Å²) in [5, 5.41) is 4.29. The van der Waals surface area contributed by atoms with Gasteiger partial charge in [0.25, 0.3) is 0 Å². The van der Waals surface area contributed by atoms with Crippen LogP contribution < -0.4 is 0 Å². The standard InChI is InChI=1S/C24H32N4/c1-7-10-19-11-12-20(8-2)21(15-19)18(3)22(16-26(4)5)23-17-27(6)28-14-9-13-25-24(23)28/h9,11-16H,3,7-8,10,17H2,1-2,4-6H3/b22-16+. The number of hydrogen-bond acceptors (Lipinski definition) is 4. The molecule has 0 saturated carbocycles. The van der Waals surface area contributed by atoms with Crippen molar-refractivity contribution >= 4 is 11.8 Å². The largest absolute Gasteiger partial charge is 0.383 e. The van der Waals surface area contributed by atoms with Gasteiger partial charge < -0.3 is 4.90 Å². The molecule has 0 bridgehead atoms. The highest BCUT2D eigenvalue weighted by Gasteiger charge is 2.30. The molecule has 0 unspecified atom stereocenters. The molecule has 1 aromatic carbocycles. The van der Waals surface area contributed by atoms with E-state index in [1.54, 1.807) is 0 Å². The van der Waals surface area contributed by atoms with Crippen molar-refractivity contribution in [1.29, 1.82) is 0 Å². The summed E-state index contributed by atoms with van der Waals surface area (Å²) in [5.41, 5.74) is 7.42. The maximum absolute atomic E-state index is 4.67. The van der Waals surface area contributed by atoms with Gasteiger partial charge in [-0.3, -0.25) is 5.01 Å². The van der Waals surface area contributed by atoms with Crippen LogP contribution in [0.2, 0.25) is 0 Å². The summed E-state index contributed by atoms with van der Waals surface area (Å²) in [7, 11) is 6.22. The Balaban J connectivity index is 2.10. The van der Waals surface area contributed by atoms with Gasteiger partial charge in [0.2, 0.25) is 0 Å². The third kappa shape index (κ3) is 3.97. The molecule has 2 aliphatic rings. The normalized spacial score (nSPS) is 16.8. The van der Waals surface area contributed by atoms with E-state index in [4.69, 9.17) is 0 Å². The van der Waals surface area contributed by atoms with Crippen molar-refractivity contribution in [3.8, 4) is 0 Å². The highest BCUT2D eigenvalue weighted by molar-refractivity contribution is 5.85. The first kappa shape index (κ1) is 20.2. The fourth-order valence-corrected chi connectivity index (χ4v) is 3.83. The van der Waals surface area contributed by atoms with E-state index in [9.17, 15) is 0 Å². The summed E-state index contributed by atoms with van der Waals surface area (Å²) in [6.45, 7) is 9.81. The zero-order valence-corrected chi connectivity index (χ0v) is 17.9. The number of aryl methyl sites for hydroxylation is 2. The summed E-state index contributed by atoms with van der Waals surface area (Å²) < 4.78 is 0. The monoisotopic (exact) mass is 376 g/mol. The molecule has 0 spiro atoms. The fraction of sp³-hybridized carbons (Fsp3) is 0.375. The van der Waals surface area contributed by atoms with Crippen LogP contribution in [0.15, 0.2) is 65.2 Å². The first-order valence-corrected chi connectivity index (χ1v) is 10.1. The van der Waals surface area contributed by atoms with E-state index in [1.807, 2.05) is 12.3 Å². The molecule has 1 aromatic rings. The van der Waals surface area contributed by atoms with Crippen LogP contribution in [0.5, 0.6) is 0 Å². The Morgan fingerprint density at radius 1 is 1.29 bits per heavy atom. The first-order chi connectivity index (χ1) is 13.5. The number of rotatable bonds is 7. The lowest BCUT2D eigenvalue weighted by Crippen LogP contribution is -2.30. The van der Waals surface area contributed by atoms with Gasteiger partial charge in [-0.2, -0.15) is 0 Å². The maximum atomic E-state index is 4.67. The van der Waals surface area contributed by atoms with Crippen molar-refractivity contribution in [2.75, 3.05) is 27.7 Å². The molecule has 0 radical (unpaired) electrons. The second kappa shape index (κ2) is 8.61. The van der Waals surface area contributed by atoms with Crippen LogP contribution in [0.1, 0.15) is 37.0 Å². The molecule has 0 atom stereocenters. The lowest BCUT2D eigenvalue weighted by molar-refractivity contribution is 0.126. The van der Waals surface area contributed by atoms with Gasteiger partial charge in [-0.1, -0.05) is 45.0 Å². The third-order valence-corrected chi connectivity index (χ3v) is 5.21. The Hall–Kier alpha value is -2.59. The predicted octanol–water partition coefficient (Wildman–Crippen LogP) is 4.63. The van der Waals surface area contributed by atoms with E-state index >= 15 is 0 Å². The summed E-state index contributed by atoms with van der Waals surface area (Å²) >= 11 is 0. The SMILES string of the molecule is C=C(/C(=C\N(C)C)C1=C2N=CC=CN2N(C)C1)c1cc(CCC)ccc1CC. The molecule has 0 N–H and O–H groups in total. The Morgan fingerprint density at radius 3 is 2.75 bits per heavy atom. The molecule has 0 aromatic heterocycles. The third-order valence-electron chi connectivity index (χ3n) is 5.21. The van der Waals surface area contributed by atoms with Gasteiger partial charge in [-0.25, -0.2) is 10.0 Å². The van der Waals surface area contributed by atoms with Crippen LogP contribution in [0.3, 0.4) is 0 Å². The molecule has 2 heterocycles. The summed E-state index contributed by atoms with van der Waals surface area (Å²) in [4.78, 5) is 6.77. The Labute approximate surface area is 169 Å². The minimum atomic E-state index is 0.811. The van der Waals surface area contributed by atoms with Crippen molar-refractivity contribution in [2.24, 2.45) is 4.99 Å². The van der Waals surface area contributed by atoms with Gasteiger partial charge in [-0.05, 0) is 41.2 Å². The minimum absolute atomic E-state index is 0.811. The zero-order chi connectivity index (χ0) is 20.3. The first-order valence-electron chi connectivity index (χ1n) is 10.1. The second-order valence-electron chi connectivity index (χ2n) is 7.66. The van der Waals surface area contributed by atoms with Gasteiger partial charge in [-0.15, -0.1) is 0 Å². The summed E-state index contributed by atoms with van der Waals surface area (Å²) in [6.07, 6.45) is 11.3. The number of allylic oxidation sites excluding steroid dienone is 2. The molecule has 0 saturated heterocycles. The van der Waals surface area contributed by atoms with Crippen molar-refractivity contribution in [3.63, 3.8) is 0 Å². The van der Waals surface area contributed by atoms with Crippen LogP contribution in [0, 0.1) is 0 Å².